The Hall–Kier alpha value is -2.87. The molecule has 1 fully saturated rings. The van der Waals surface area contributed by atoms with Crippen LogP contribution in [0.25, 0.3) is 0 Å². The fourth-order valence-corrected chi connectivity index (χ4v) is 2.70. The van der Waals surface area contributed by atoms with Crippen LogP contribution in [0.5, 0.6) is 11.5 Å². The number of morpholine rings is 1. The maximum atomic E-state index is 12.4. The molecule has 138 valence electrons. The summed E-state index contributed by atoms with van der Waals surface area (Å²) < 4.78 is 15.8. The molecule has 1 aliphatic rings. The molecule has 0 bridgehead atoms. The van der Waals surface area contributed by atoms with Crippen LogP contribution < -0.4 is 19.7 Å². The fraction of sp³-hybridized carbons (Fsp3) is 0.389. The summed E-state index contributed by atoms with van der Waals surface area (Å²) >= 11 is 0. The van der Waals surface area contributed by atoms with E-state index in [-0.39, 0.29) is 5.91 Å². The highest BCUT2D eigenvalue weighted by molar-refractivity contribution is 5.92. The van der Waals surface area contributed by atoms with E-state index < -0.39 is 0 Å². The maximum absolute atomic E-state index is 12.4. The number of amides is 1. The molecule has 1 N–H and O–H groups in total. The third kappa shape index (κ3) is 4.20. The molecule has 8 heteroatoms. The topological polar surface area (TPSA) is 85.8 Å². The van der Waals surface area contributed by atoms with Crippen molar-refractivity contribution in [3.63, 3.8) is 0 Å². The summed E-state index contributed by atoms with van der Waals surface area (Å²) in [5.41, 5.74) is 1.24. The number of carbonyl (C=O) groups excluding carboxylic acids is 1. The van der Waals surface area contributed by atoms with Crippen LogP contribution in [-0.2, 0) is 11.3 Å². The van der Waals surface area contributed by atoms with Gasteiger partial charge in [0.15, 0.2) is 11.5 Å². The molecule has 0 unspecified atom stereocenters. The molecule has 0 saturated carbocycles. The monoisotopic (exact) mass is 358 g/mol. The minimum atomic E-state index is -0.253. The number of hydrogen-bond donors (Lipinski definition) is 1. The number of benzene rings is 1. The van der Waals surface area contributed by atoms with Crippen molar-refractivity contribution in [2.75, 3.05) is 45.4 Å². The molecule has 3 rings (SSSR count). The van der Waals surface area contributed by atoms with Crippen molar-refractivity contribution in [3.05, 3.63) is 41.9 Å². The molecule has 2 heterocycles. The second-order valence-corrected chi connectivity index (χ2v) is 5.73. The summed E-state index contributed by atoms with van der Waals surface area (Å²) in [6.07, 6.45) is 1.41. The van der Waals surface area contributed by atoms with E-state index in [1.54, 1.807) is 20.3 Å². The quantitative estimate of drug-likeness (QED) is 0.832. The third-order valence-electron chi connectivity index (χ3n) is 4.12. The summed E-state index contributed by atoms with van der Waals surface area (Å²) in [6, 6.07) is 7.22. The number of nitrogens with zero attached hydrogens (tertiary/aromatic N) is 3. The Labute approximate surface area is 152 Å². The molecule has 1 aromatic carbocycles. The number of nitrogens with one attached hydrogen (secondary N) is 1. The molecule has 0 radical (unpaired) electrons. The highest BCUT2D eigenvalue weighted by Crippen LogP contribution is 2.27. The van der Waals surface area contributed by atoms with Gasteiger partial charge in [-0.25, -0.2) is 9.97 Å². The van der Waals surface area contributed by atoms with Gasteiger partial charge < -0.3 is 24.4 Å². The normalized spacial score (nSPS) is 14.0. The van der Waals surface area contributed by atoms with Gasteiger partial charge in [-0.1, -0.05) is 6.07 Å². The Morgan fingerprint density at radius 2 is 1.92 bits per heavy atom. The summed E-state index contributed by atoms with van der Waals surface area (Å²) in [7, 11) is 3.16. The van der Waals surface area contributed by atoms with E-state index in [9.17, 15) is 4.79 Å². The van der Waals surface area contributed by atoms with Crippen LogP contribution in [0.4, 0.5) is 5.82 Å². The first-order valence-corrected chi connectivity index (χ1v) is 8.35. The predicted molar refractivity (Wildman–Crippen MR) is 95.8 cm³/mol. The zero-order valence-corrected chi connectivity index (χ0v) is 14.9. The molecule has 0 atom stereocenters. The van der Waals surface area contributed by atoms with Crippen LogP contribution in [0.15, 0.2) is 30.6 Å². The molecule has 1 saturated heterocycles. The molecule has 0 spiro atoms. The van der Waals surface area contributed by atoms with Crippen LogP contribution in [0.2, 0.25) is 0 Å². The summed E-state index contributed by atoms with van der Waals surface area (Å²) in [5, 5.41) is 2.87. The Balaban J connectivity index is 1.65. The molecule has 1 aliphatic heterocycles. The number of hydrogen-bond acceptors (Lipinski definition) is 7. The van der Waals surface area contributed by atoms with E-state index in [1.807, 2.05) is 18.2 Å². The van der Waals surface area contributed by atoms with Gasteiger partial charge in [0, 0.05) is 25.7 Å². The Kier molecular flexibility index (Phi) is 5.85. The van der Waals surface area contributed by atoms with Crippen molar-refractivity contribution in [2.24, 2.45) is 0 Å². The van der Waals surface area contributed by atoms with Crippen LogP contribution >= 0.6 is 0 Å². The average Bonchev–Trinajstić information content (AvgIpc) is 2.72. The molecule has 26 heavy (non-hydrogen) atoms. The van der Waals surface area contributed by atoms with Crippen LogP contribution in [-0.4, -0.2) is 56.4 Å². The predicted octanol–water partition coefficient (Wildman–Crippen LogP) is 1.26. The van der Waals surface area contributed by atoms with Gasteiger partial charge in [0.2, 0.25) is 0 Å². The van der Waals surface area contributed by atoms with Crippen LogP contribution in [0.1, 0.15) is 16.1 Å². The number of ether oxygens (including phenoxy) is 3. The lowest BCUT2D eigenvalue weighted by Crippen LogP contribution is -2.37. The molecule has 0 aliphatic carbocycles. The number of anilines is 1. The third-order valence-corrected chi connectivity index (χ3v) is 4.12. The van der Waals surface area contributed by atoms with E-state index >= 15 is 0 Å². The maximum Gasteiger partial charge on any atom is 0.270 e. The molecule has 1 aromatic heterocycles. The summed E-state index contributed by atoms with van der Waals surface area (Å²) in [6.45, 7) is 3.18. The van der Waals surface area contributed by atoms with Gasteiger partial charge >= 0.3 is 0 Å². The van der Waals surface area contributed by atoms with Crippen molar-refractivity contribution in [1.82, 2.24) is 15.3 Å². The standard InChI is InChI=1S/C18H22N4O4/c1-24-15-4-3-13(9-16(15)25-2)11-19-18(23)14-10-17(21-12-20-14)22-5-7-26-8-6-22/h3-4,9-10,12H,5-8,11H2,1-2H3,(H,19,23). The average molecular weight is 358 g/mol. The van der Waals surface area contributed by atoms with E-state index in [0.717, 1.165) is 24.5 Å². The Morgan fingerprint density at radius 1 is 1.15 bits per heavy atom. The number of carbonyl (C=O) groups is 1. The Morgan fingerprint density at radius 3 is 2.65 bits per heavy atom. The number of aromatic nitrogens is 2. The van der Waals surface area contributed by atoms with Crippen molar-refractivity contribution < 1.29 is 19.0 Å². The zero-order valence-electron chi connectivity index (χ0n) is 14.9. The van der Waals surface area contributed by atoms with Gasteiger partial charge in [-0.15, -0.1) is 0 Å². The van der Waals surface area contributed by atoms with Gasteiger partial charge in [0.25, 0.3) is 5.91 Å². The lowest BCUT2D eigenvalue weighted by molar-refractivity contribution is 0.0945. The Bertz CT molecular complexity index is 763. The largest absolute Gasteiger partial charge is 0.493 e. The lowest BCUT2D eigenvalue weighted by Gasteiger charge is -2.27. The van der Waals surface area contributed by atoms with E-state index in [2.05, 4.69) is 20.2 Å². The lowest BCUT2D eigenvalue weighted by atomic mass is 10.2. The number of rotatable bonds is 6. The molecular weight excluding hydrogens is 336 g/mol. The first-order valence-electron chi connectivity index (χ1n) is 8.35. The number of methoxy groups -OCH3 is 2. The first-order chi connectivity index (χ1) is 12.7. The van der Waals surface area contributed by atoms with Crippen LogP contribution in [0, 0.1) is 0 Å². The van der Waals surface area contributed by atoms with Gasteiger partial charge in [-0.3, -0.25) is 4.79 Å². The summed E-state index contributed by atoms with van der Waals surface area (Å²) in [5.74, 6) is 1.75. The highest BCUT2D eigenvalue weighted by Gasteiger charge is 2.15. The van der Waals surface area contributed by atoms with Crippen LogP contribution in [0.3, 0.4) is 0 Å². The van der Waals surface area contributed by atoms with Crippen molar-refractivity contribution in [1.29, 1.82) is 0 Å². The van der Waals surface area contributed by atoms with Gasteiger partial charge in [-0.05, 0) is 17.7 Å². The van der Waals surface area contributed by atoms with E-state index in [0.29, 0.717) is 37.0 Å². The second-order valence-electron chi connectivity index (χ2n) is 5.73. The molecule has 8 nitrogen and oxygen atoms in total. The second kappa shape index (κ2) is 8.48. The van der Waals surface area contributed by atoms with Gasteiger partial charge in [0.05, 0.1) is 27.4 Å². The zero-order chi connectivity index (χ0) is 18.4. The molecule has 1 amide bonds. The van der Waals surface area contributed by atoms with Crippen molar-refractivity contribution in [2.45, 2.75) is 6.54 Å². The SMILES string of the molecule is COc1ccc(CNC(=O)c2cc(N3CCOCC3)ncn2)cc1OC. The van der Waals surface area contributed by atoms with Gasteiger partial charge in [0.1, 0.15) is 17.8 Å². The smallest absolute Gasteiger partial charge is 0.270 e. The molecule has 2 aromatic rings. The highest BCUT2D eigenvalue weighted by atomic mass is 16.5. The minimum Gasteiger partial charge on any atom is -0.493 e. The van der Waals surface area contributed by atoms with Crippen molar-refractivity contribution in [3.8, 4) is 11.5 Å². The molecular formula is C18H22N4O4. The fourth-order valence-electron chi connectivity index (χ4n) is 2.70. The van der Waals surface area contributed by atoms with Gasteiger partial charge in [-0.2, -0.15) is 0 Å². The van der Waals surface area contributed by atoms with Crippen molar-refractivity contribution >= 4 is 11.7 Å². The first kappa shape index (κ1) is 17.9. The van der Waals surface area contributed by atoms with E-state index in [1.165, 1.54) is 6.33 Å². The summed E-state index contributed by atoms with van der Waals surface area (Å²) in [4.78, 5) is 22.8. The van der Waals surface area contributed by atoms with E-state index in [4.69, 9.17) is 14.2 Å². The minimum absolute atomic E-state index is 0.253.